The summed E-state index contributed by atoms with van der Waals surface area (Å²) in [5.74, 6) is 0.866. The number of H-pyrrole nitrogens is 1. The highest BCUT2D eigenvalue weighted by molar-refractivity contribution is 5.84. The lowest BCUT2D eigenvalue weighted by Gasteiger charge is -2.08. The summed E-state index contributed by atoms with van der Waals surface area (Å²) >= 11 is 0. The Morgan fingerprint density at radius 2 is 1.95 bits per heavy atom. The van der Waals surface area contributed by atoms with E-state index in [0.717, 1.165) is 23.3 Å². The number of ether oxygens (including phenoxy) is 1. The van der Waals surface area contributed by atoms with Crippen molar-refractivity contribution in [3.05, 3.63) is 65.9 Å². The van der Waals surface area contributed by atoms with E-state index < -0.39 is 0 Å². The van der Waals surface area contributed by atoms with Crippen molar-refractivity contribution < 1.29 is 4.74 Å². The van der Waals surface area contributed by atoms with Gasteiger partial charge in [-0.3, -0.25) is 0 Å². The van der Waals surface area contributed by atoms with Crippen LogP contribution in [0.1, 0.15) is 30.5 Å². The summed E-state index contributed by atoms with van der Waals surface area (Å²) in [4.78, 5) is 3.28. The molecule has 0 amide bonds. The predicted molar refractivity (Wildman–Crippen MR) is 86.3 cm³/mol. The molecule has 3 nitrogen and oxygen atoms in total. The zero-order valence-electron chi connectivity index (χ0n) is 12.2. The fourth-order valence-electron chi connectivity index (χ4n) is 2.49. The van der Waals surface area contributed by atoms with Crippen LogP contribution in [-0.2, 0) is 6.61 Å². The molecule has 2 aromatic carbocycles. The van der Waals surface area contributed by atoms with Gasteiger partial charge in [0.1, 0.15) is 12.4 Å². The molecule has 1 aromatic heterocycles. The van der Waals surface area contributed by atoms with Crippen molar-refractivity contribution in [2.75, 3.05) is 0 Å². The van der Waals surface area contributed by atoms with E-state index in [1.807, 2.05) is 36.5 Å². The van der Waals surface area contributed by atoms with E-state index in [1.165, 1.54) is 10.9 Å². The molecule has 3 heteroatoms. The number of hydrogen-bond donors (Lipinski definition) is 2. The number of fused-ring (bicyclic) bond motifs is 1. The Hall–Kier alpha value is -2.26. The van der Waals surface area contributed by atoms with Gasteiger partial charge in [0.05, 0.1) is 0 Å². The smallest absolute Gasteiger partial charge is 0.121 e. The van der Waals surface area contributed by atoms with Gasteiger partial charge in [-0.05, 0) is 29.7 Å². The minimum Gasteiger partial charge on any atom is -0.489 e. The van der Waals surface area contributed by atoms with Crippen molar-refractivity contribution in [2.45, 2.75) is 26.0 Å². The standard InChI is InChI=1S/C18H20N2O/c1-2-17(19)16-11-20-18-10-14(8-9-15(16)18)21-12-13-6-4-3-5-7-13/h3-11,17,20H,2,12,19H2,1H3/t17-/m1/s1. The average Bonchev–Trinajstić information content (AvgIpc) is 2.96. The van der Waals surface area contributed by atoms with Crippen LogP contribution >= 0.6 is 0 Å². The van der Waals surface area contributed by atoms with Gasteiger partial charge in [0, 0.05) is 29.2 Å². The Morgan fingerprint density at radius 1 is 1.14 bits per heavy atom. The highest BCUT2D eigenvalue weighted by Gasteiger charge is 2.10. The van der Waals surface area contributed by atoms with Crippen LogP contribution in [0.3, 0.4) is 0 Å². The first kappa shape index (κ1) is 13.7. The lowest BCUT2D eigenvalue weighted by atomic mass is 10.0. The van der Waals surface area contributed by atoms with Gasteiger partial charge in [-0.15, -0.1) is 0 Å². The lowest BCUT2D eigenvalue weighted by Crippen LogP contribution is -2.07. The molecule has 0 aliphatic carbocycles. The zero-order chi connectivity index (χ0) is 14.7. The van der Waals surface area contributed by atoms with Crippen LogP contribution in [0.2, 0.25) is 0 Å². The normalized spacial score (nSPS) is 12.5. The zero-order valence-corrected chi connectivity index (χ0v) is 12.2. The molecule has 0 radical (unpaired) electrons. The quantitative estimate of drug-likeness (QED) is 0.737. The van der Waals surface area contributed by atoms with Crippen LogP contribution in [0.15, 0.2) is 54.7 Å². The third kappa shape index (κ3) is 2.93. The minimum atomic E-state index is 0.0786. The Labute approximate surface area is 124 Å². The number of hydrogen-bond acceptors (Lipinski definition) is 2. The fraction of sp³-hybridized carbons (Fsp3) is 0.222. The minimum absolute atomic E-state index is 0.0786. The lowest BCUT2D eigenvalue weighted by molar-refractivity contribution is 0.306. The molecule has 0 saturated heterocycles. The van der Waals surface area contributed by atoms with Crippen LogP contribution in [-0.4, -0.2) is 4.98 Å². The molecule has 21 heavy (non-hydrogen) atoms. The van der Waals surface area contributed by atoms with Crippen molar-refractivity contribution in [2.24, 2.45) is 5.73 Å². The molecule has 0 bridgehead atoms. The maximum Gasteiger partial charge on any atom is 0.121 e. The fourth-order valence-corrected chi connectivity index (χ4v) is 2.49. The van der Waals surface area contributed by atoms with Crippen LogP contribution in [0, 0.1) is 0 Å². The molecular formula is C18H20N2O. The van der Waals surface area contributed by atoms with E-state index in [0.29, 0.717) is 6.61 Å². The Kier molecular flexibility index (Phi) is 3.93. The summed E-state index contributed by atoms with van der Waals surface area (Å²) in [5, 5.41) is 1.18. The molecule has 3 N–H and O–H groups in total. The highest BCUT2D eigenvalue weighted by atomic mass is 16.5. The van der Waals surface area contributed by atoms with E-state index in [9.17, 15) is 0 Å². The van der Waals surface area contributed by atoms with Gasteiger partial charge in [-0.25, -0.2) is 0 Å². The summed E-state index contributed by atoms with van der Waals surface area (Å²) in [6, 6.07) is 16.4. The third-order valence-corrected chi connectivity index (χ3v) is 3.77. The maximum absolute atomic E-state index is 6.13. The second-order valence-electron chi connectivity index (χ2n) is 5.24. The SMILES string of the molecule is CC[C@@H](N)c1c[nH]c2cc(OCc3ccccc3)ccc12. The van der Waals surface area contributed by atoms with Gasteiger partial charge < -0.3 is 15.5 Å². The average molecular weight is 280 g/mol. The second-order valence-corrected chi connectivity index (χ2v) is 5.24. The Balaban J connectivity index is 1.79. The highest BCUT2D eigenvalue weighted by Crippen LogP contribution is 2.27. The van der Waals surface area contributed by atoms with Crippen molar-refractivity contribution >= 4 is 10.9 Å². The molecule has 3 aromatic rings. The summed E-state index contributed by atoms with van der Waals surface area (Å²) in [6.07, 6.45) is 2.93. The number of aromatic amines is 1. The van der Waals surface area contributed by atoms with Gasteiger partial charge in [-0.2, -0.15) is 0 Å². The Bertz CT molecular complexity index is 718. The molecule has 0 spiro atoms. The number of nitrogens with two attached hydrogens (primary N) is 1. The Morgan fingerprint density at radius 3 is 2.71 bits per heavy atom. The molecule has 3 rings (SSSR count). The monoisotopic (exact) mass is 280 g/mol. The molecule has 1 atom stereocenters. The van der Waals surface area contributed by atoms with Crippen molar-refractivity contribution in [1.82, 2.24) is 4.98 Å². The van der Waals surface area contributed by atoms with Gasteiger partial charge in [0.2, 0.25) is 0 Å². The van der Waals surface area contributed by atoms with E-state index in [-0.39, 0.29) is 6.04 Å². The summed E-state index contributed by atoms with van der Waals surface area (Å²) in [5.41, 5.74) is 9.53. The molecule has 0 fully saturated rings. The molecule has 108 valence electrons. The van der Waals surface area contributed by atoms with E-state index in [2.05, 4.69) is 30.1 Å². The van der Waals surface area contributed by atoms with Gasteiger partial charge >= 0.3 is 0 Å². The molecule has 0 saturated carbocycles. The van der Waals surface area contributed by atoms with Crippen LogP contribution in [0.25, 0.3) is 10.9 Å². The summed E-state index contributed by atoms with van der Waals surface area (Å²) in [6.45, 7) is 2.68. The molecule has 0 unspecified atom stereocenters. The molecule has 0 aliphatic heterocycles. The first-order valence-electron chi connectivity index (χ1n) is 7.31. The largest absolute Gasteiger partial charge is 0.489 e. The van der Waals surface area contributed by atoms with Crippen LogP contribution in [0.5, 0.6) is 5.75 Å². The topological polar surface area (TPSA) is 51.0 Å². The predicted octanol–water partition coefficient (Wildman–Crippen LogP) is 4.16. The van der Waals surface area contributed by atoms with E-state index in [4.69, 9.17) is 10.5 Å². The van der Waals surface area contributed by atoms with Crippen molar-refractivity contribution in [3.8, 4) is 5.75 Å². The molecular weight excluding hydrogens is 260 g/mol. The van der Waals surface area contributed by atoms with Crippen molar-refractivity contribution in [3.63, 3.8) is 0 Å². The van der Waals surface area contributed by atoms with E-state index in [1.54, 1.807) is 0 Å². The first-order valence-corrected chi connectivity index (χ1v) is 7.31. The molecule has 1 heterocycles. The van der Waals surface area contributed by atoms with Crippen molar-refractivity contribution in [1.29, 1.82) is 0 Å². The van der Waals surface area contributed by atoms with Gasteiger partial charge in [-0.1, -0.05) is 37.3 Å². The first-order chi connectivity index (χ1) is 10.3. The third-order valence-electron chi connectivity index (χ3n) is 3.77. The van der Waals surface area contributed by atoms with Crippen LogP contribution in [0.4, 0.5) is 0 Å². The summed E-state index contributed by atoms with van der Waals surface area (Å²) < 4.78 is 5.84. The van der Waals surface area contributed by atoms with E-state index >= 15 is 0 Å². The number of benzene rings is 2. The van der Waals surface area contributed by atoms with Crippen LogP contribution < -0.4 is 10.5 Å². The number of aromatic nitrogens is 1. The van der Waals surface area contributed by atoms with Gasteiger partial charge in [0.25, 0.3) is 0 Å². The second kappa shape index (κ2) is 6.02. The number of nitrogens with one attached hydrogen (secondary N) is 1. The molecule has 0 aliphatic rings. The van der Waals surface area contributed by atoms with Gasteiger partial charge in [0.15, 0.2) is 0 Å². The summed E-state index contributed by atoms with van der Waals surface area (Å²) in [7, 11) is 0. The number of rotatable bonds is 5. The maximum atomic E-state index is 6.13.